The van der Waals surface area contributed by atoms with Crippen molar-refractivity contribution in [2.24, 2.45) is 0 Å². The Bertz CT molecular complexity index is 474. The largest absolute Gasteiger partial charge is 0.405 e. The monoisotopic (exact) mass is 289 g/mol. The van der Waals surface area contributed by atoms with E-state index in [0.29, 0.717) is 12.1 Å². The first-order chi connectivity index (χ1) is 9.28. The van der Waals surface area contributed by atoms with Gasteiger partial charge in [0.1, 0.15) is 6.54 Å². The highest BCUT2D eigenvalue weighted by molar-refractivity contribution is 6.00. The molecule has 7 heteroatoms. The van der Waals surface area contributed by atoms with Crippen LogP contribution in [0.2, 0.25) is 0 Å². The van der Waals surface area contributed by atoms with Gasteiger partial charge in [0.15, 0.2) is 0 Å². The molecule has 0 aliphatic rings. The Labute approximate surface area is 115 Å². The fraction of sp³-hybridized carbons (Fsp3) is 0.462. The quantitative estimate of drug-likeness (QED) is 0.818. The second kappa shape index (κ2) is 6.49. The third kappa shape index (κ3) is 4.32. The van der Waals surface area contributed by atoms with E-state index in [1.54, 1.807) is 6.92 Å². The van der Waals surface area contributed by atoms with Crippen LogP contribution in [0.3, 0.4) is 0 Å². The molecule has 1 rings (SSSR count). The standard InChI is InChI=1S/C13H18F3N3O/c1-3-6-19(8-13(14,15)16)11-7-9(17)4-5-10(11)12(20)18-2/h4-5,7H,3,6,8,17H2,1-2H3,(H,18,20). The van der Waals surface area contributed by atoms with E-state index < -0.39 is 18.6 Å². The first-order valence-electron chi connectivity index (χ1n) is 6.21. The zero-order valence-corrected chi connectivity index (χ0v) is 11.4. The van der Waals surface area contributed by atoms with Gasteiger partial charge in [-0.3, -0.25) is 4.79 Å². The van der Waals surface area contributed by atoms with E-state index >= 15 is 0 Å². The Kier molecular flexibility index (Phi) is 5.24. The lowest BCUT2D eigenvalue weighted by Crippen LogP contribution is -2.36. The number of nitrogens with zero attached hydrogens (tertiary/aromatic N) is 1. The van der Waals surface area contributed by atoms with Crippen LogP contribution in [-0.4, -0.2) is 32.2 Å². The molecule has 20 heavy (non-hydrogen) atoms. The number of nitrogen functional groups attached to an aromatic ring is 1. The van der Waals surface area contributed by atoms with Crippen LogP contribution < -0.4 is 16.0 Å². The maximum Gasteiger partial charge on any atom is 0.405 e. The zero-order chi connectivity index (χ0) is 15.3. The number of alkyl halides is 3. The zero-order valence-electron chi connectivity index (χ0n) is 11.4. The third-order valence-corrected chi connectivity index (χ3v) is 2.70. The van der Waals surface area contributed by atoms with E-state index in [1.807, 2.05) is 0 Å². The van der Waals surface area contributed by atoms with Crippen LogP contribution in [0.1, 0.15) is 23.7 Å². The molecule has 1 aromatic carbocycles. The molecule has 1 amide bonds. The molecule has 0 atom stereocenters. The number of carbonyl (C=O) groups is 1. The van der Waals surface area contributed by atoms with Gasteiger partial charge in [-0.25, -0.2) is 0 Å². The van der Waals surface area contributed by atoms with E-state index in [9.17, 15) is 18.0 Å². The van der Waals surface area contributed by atoms with Gasteiger partial charge < -0.3 is 16.0 Å². The van der Waals surface area contributed by atoms with Crippen LogP contribution in [0.25, 0.3) is 0 Å². The number of anilines is 2. The van der Waals surface area contributed by atoms with Gasteiger partial charge in [-0.05, 0) is 24.6 Å². The number of rotatable bonds is 5. The smallest absolute Gasteiger partial charge is 0.399 e. The predicted molar refractivity (Wildman–Crippen MR) is 72.8 cm³/mol. The van der Waals surface area contributed by atoms with Gasteiger partial charge in [-0.15, -0.1) is 0 Å². The first kappa shape index (κ1) is 16.1. The predicted octanol–water partition coefficient (Wildman–Crippen LogP) is 2.41. The summed E-state index contributed by atoms with van der Waals surface area (Å²) in [5.74, 6) is -0.441. The molecular formula is C13H18F3N3O. The lowest BCUT2D eigenvalue weighted by Gasteiger charge is -2.27. The molecule has 0 aliphatic carbocycles. The van der Waals surface area contributed by atoms with Gasteiger partial charge in [-0.2, -0.15) is 13.2 Å². The van der Waals surface area contributed by atoms with Gasteiger partial charge in [-0.1, -0.05) is 6.92 Å². The average Bonchev–Trinajstić information content (AvgIpc) is 2.35. The Hall–Kier alpha value is -1.92. The minimum absolute atomic E-state index is 0.180. The molecule has 0 saturated heterocycles. The van der Waals surface area contributed by atoms with Gasteiger partial charge in [0.05, 0.1) is 11.3 Å². The minimum atomic E-state index is -4.35. The summed E-state index contributed by atoms with van der Waals surface area (Å²) in [6.07, 6.45) is -3.82. The van der Waals surface area contributed by atoms with Crippen molar-refractivity contribution in [3.63, 3.8) is 0 Å². The van der Waals surface area contributed by atoms with Crippen molar-refractivity contribution in [1.82, 2.24) is 5.32 Å². The number of nitrogens with two attached hydrogens (primary N) is 1. The summed E-state index contributed by atoms with van der Waals surface area (Å²) in [5, 5.41) is 2.41. The molecular weight excluding hydrogens is 271 g/mol. The average molecular weight is 289 g/mol. The molecule has 112 valence electrons. The van der Waals surface area contributed by atoms with Crippen molar-refractivity contribution in [1.29, 1.82) is 0 Å². The number of amides is 1. The Morgan fingerprint density at radius 1 is 1.40 bits per heavy atom. The molecule has 0 aliphatic heterocycles. The van der Waals surface area contributed by atoms with Crippen LogP contribution in [0.5, 0.6) is 0 Å². The minimum Gasteiger partial charge on any atom is -0.399 e. The number of benzene rings is 1. The van der Waals surface area contributed by atoms with Crippen LogP contribution in [-0.2, 0) is 0 Å². The molecule has 3 N–H and O–H groups in total. The van der Waals surface area contributed by atoms with Gasteiger partial charge >= 0.3 is 6.18 Å². The maximum atomic E-state index is 12.7. The maximum absolute atomic E-state index is 12.7. The Balaban J connectivity index is 3.23. The molecule has 0 aromatic heterocycles. The van der Waals surface area contributed by atoms with Gasteiger partial charge in [0.2, 0.25) is 0 Å². The normalized spacial score (nSPS) is 11.2. The summed E-state index contributed by atoms with van der Waals surface area (Å²) in [6, 6.07) is 4.32. The van der Waals surface area contributed by atoms with Crippen molar-refractivity contribution in [2.45, 2.75) is 19.5 Å². The highest BCUT2D eigenvalue weighted by atomic mass is 19.4. The fourth-order valence-electron chi connectivity index (χ4n) is 1.91. The van der Waals surface area contributed by atoms with Crippen LogP contribution >= 0.6 is 0 Å². The number of hydrogen-bond acceptors (Lipinski definition) is 3. The molecule has 0 saturated carbocycles. The summed E-state index contributed by atoms with van der Waals surface area (Å²) in [5.41, 5.74) is 6.32. The van der Waals surface area contributed by atoms with E-state index in [2.05, 4.69) is 5.32 Å². The first-order valence-corrected chi connectivity index (χ1v) is 6.21. The van der Waals surface area contributed by atoms with Crippen molar-refractivity contribution < 1.29 is 18.0 Å². The summed E-state index contributed by atoms with van der Waals surface area (Å²) < 4.78 is 38.0. The summed E-state index contributed by atoms with van der Waals surface area (Å²) in [7, 11) is 1.43. The SMILES string of the molecule is CCCN(CC(F)(F)F)c1cc(N)ccc1C(=O)NC. The van der Waals surface area contributed by atoms with E-state index in [4.69, 9.17) is 5.73 Å². The number of hydrogen-bond donors (Lipinski definition) is 2. The number of halogens is 3. The van der Waals surface area contributed by atoms with Crippen LogP contribution in [0, 0.1) is 0 Å². The molecule has 1 aromatic rings. The van der Waals surface area contributed by atoms with E-state index in [0.717, 1.165) is 4.90 Å². The van der Waals surface area contributed by atoms with Crippen molar-refractivity contribution in [2.75, 3.05) is 30.8 Å². The fourth-order valence-corrected chi connectivity index (χ4v) is 1.91. The second-order valence-electron chi connectivity index (χ2n) is 4.39. The molecule has 4 nitrogen and oxygen atoms in total. The lowest BCUT2D eigenvalue weighted by atomic mass is 10.1. The van der Waals surface area contributed by atoms with Crippen molar-refractivity contribution in [3.05, 3.63) is 23.8 Å². The number of carbonyl (C=O) groups excluding carboxylic acids is 1. The van der Waals surface area contributed by atoms with Gasteiger partial charge in [0.25, 0.3) is 5.91 Å². The summed E-state index contributed by atoms with van der Waals surface area (Å²) in [6.45, 7) is 0.844. The number of nitrogens with one attached hydrogen (secondary N) is 1. The van der Waals surface area contributed by atoms with Crippen LogP contribution in [0.4, 0.5) is 24.5 Å². The highest BCUT2D eigenvalue weighted by Crippen LogP contribution is 2.27. The van der Waals surface area contributed by atoms with Crippen molar-refractivity contribution in [3.8, 4) is 0 Å². The van der Waals surface area contributed by atoms with Crippen molar-refractivity contribution >= 4 is 17.3 Å². The third-order valence-electron chi connectivity index (χ3n) is 2.70. The Morgan fingerprint density at radius 3 is 2.55 bits per heavy atom. The highest BCUT2D eigenvalue weighted by Gasteiger charge is 2.32. The molecule has 0 bridgehead atoms. The van der Waals surface area contributed by atoms with E-state index in [-0.39, 0.29) is 17.8 Å². The lowest BCUT2D eigenvalue weighted by molar-refractivity contribution is -0.119. The van der Waals surface area contributed by atoms with Crippen LogP contribution in [0.15, 0.2) is 18.2 Å². The molecule has 0 spiro atoms. The van der Waals surface area contributed by atoms with E-state index in [1.165, 1.54) is 25.2 Å². The topological polar surface area (TPSA) is 58.4 Å². The second-order valence-corrected chi connectivity index (χ2v) is 4.39. The van der Waals surface area contributed by atoms with Gasteiger partial charge in [0, 0.05) is 19.3 Å². The summed E-state index contributed by atoms with van der Waals surface area (Å²) >= 11 is 0. The Morgan fingerprint density at radius 2 is 2.05 bits per heavy atom. The molecule has 0 heterocycles. The summed E-state index contributed by atoms with van der Waals surface area (Å²) in [4.78, 5) is 12.9. The molecule has 0 radical (unpaired) electrons. The molecule has 0 fully saturated rings. The molecule has 0 unspecified atom stereocenters.